The molecule has 43 heavy (non-hydrogen) atoms. The van der Waals surface area contributed by atoms with E-state index in [1.807, 2.05) is 12.1 Å². The molecular formula is C36H25Cl2N2O3+. The van der Waals surface area contributed by atoms with Crippen molar-refractivity contribution in [3.63, 3.8) is 0 Å². The molecule has 0 radical (unpaired) electrons. The van der Waals surface area contributed by atoms with E-state index in [1.54, 1.807) is 6.07 Å². The van der Waals surface area contributed by atoms with Crippen molar-refractivity contribution in [3.8, 4) is 33.8 Å². The smallest absolute Gasteiger partial charge is 0.337 e. The third-order valence-corrected chi connectivity index (χ3v) is 9.40. The minimum absolute atomic E-state index is 0.0338. The van der Waals surface area contributed by atoms with Crippen LogP contribution in [0.3, 0.4) is 0 Å². The number of benzene rings is 5. The Balaban J connectivity index is 1.55. The van der Waals surface area contributed by atoms with Gasteiger partial charge < -0.3 is 14.7 Å². The van der Waals surface area contributed by atoms with Crippen LogP contribution in [0.25, 0.3) is 27.8 Å². The Labute approximate surface area is 258 Å². The summed E-state index contributed by atoms with van der Waals surface area (Å²) in [7, 11) is 4.14. The molecule has 0 saturated carbocycles. The second kappa shape index (κ2) is 9.46. The van der Waals surface area contributed by atoms with Crippen LogP contribution in [-0.4, -0.2) is 25.2 Å². The molecule has 0 aromatic heterocycles. The molecule has 0 aliphatic carbocycles. The Hall–Kier alpha value is -4.58. The van der Waals surface area contributed by atoms with Crippen LogP contribution in [0.15, 0.2) is 84.9 Å². The molecule has 7 heteroatoms. The Morgan fingerprint density at radius 1 is 0.814 bits per heavy atom. The number of ether oxygens (including phenoxy) is 1. The van der Waals surface area contributed by atoms with Crippen molar-refractivity contribution < 1.29 is 14.6 Å². The standard InChI is InChI=1S/C36H24Cl2N2O3/c1-39-17-19-7-3-5-9-21(19)23-13-25-31(15-29(23)39)43-32-16-30-24(22-10-6-4-8-20(22)18-40(30)2)14-26(32)33(25)34-27(37)11-12-28(38)35(34)36(41)42/h3-16H,17-18H2,1-2H3/p+1. The predicted octanol–water partition coefficient (Wildman–Crippen LogP) is 6.96. The molecule has 0 bridgehead atoms. The van der Waals surface area contributed by atoms with Gasteiger partial charge in [0.25, 0.3) is 0 Å². The number of carboxylic acids is 1. The van der Waals surface area contributed by atoms with Gasteiger partial charge in [0.2, 0.25) is 5.36 Å². The van der Waals surface area contributed by atoms with Crippen LogP contribution in [0.2, 0.25) is 10.0 Å². The lowest BCUT2D eigenvalue weighted by molar-refractivity contribution is 0.0696. The molecule has 0 amide bonds. The van der Waals surface area contributed by atoms with Gasteiger partial charge in [-0.3, -0.25) is 0 Å². The minimum Gasteiger partial charge on any atom is -0.478 e. The van der Waals surface area contributed by atoms with Crippen molar-refractivity contribution in [2.24, 2.45) is 0 Å². The predicted molar refractivity (Wildman–Crippen MR) is 171 cm³/mol. The first-order valence-corrected chi connectivity index (χ1v) is 14.8. The molecule has 3 aliphatic heterocycles. The summed E-state index contributed by atoms with van der Waals surface area (Å²) in [5.74, 6) is 0.132. The fourth-order valence-corrected chi connectivity index (χ4v) is 7.31. The van der Waals surface area contributed by atoms with Crippen LogP contribution in [0.1, 0.15) is 32.6 Å². The number of fused-ring (bicyclic) bond motifs is 8. The molecule has 5 aromatic rings. The molecule has 3 heterocycles. The van der Waals surface area contributed by atoms with Gasteiger partial charge in [-0.25, -0.2) is 9.37 Å². The largest absolute Gasteiger partial charge is 0.478 e. The van der Waals surface area contributed by atoms with Gasteiger partial charge in [0.15, 0.2) is 6.54 Å². The molecule has 5 nitrogen and oxygen atoms in total. The third-order valence-electron chi connectivity index (χ3n) is 8.77. The highest BCUT2D eigenvalue weighted by molar-refractivity contribution is 6.37. The van der Waals surface area contributed by atoms with Gasteiger partial charge in [-0.2, -0.15) is 0 Å². The van der Waals surface area contributed by atoms with E-state index in [4.69, 9.17) is 27.9 Å². The van der Waals surface area contributed by atoms with E-state index in [0.717, 1.165) is 57.2 Å². The van der Waals surface area contributed by atoms with Crippen LogP contribution in [0, 0.1) is 0 Å². The third kappa shape index (κ3) is 3.85. The fraction of sp³-hybridized carbons (Fsp3) is 0.111. The zero-order valence-corrected chi connectivity index (χ0v) is 24.9. The van der Waals surface area contributed by atoms with Gasteiger partial charge in [-0.1, -0.05) is 71.7 Å². The minimum atomic E-state index is -1.14. The molecule has 5 aromatic carbocycles. The highest BCUT2D eigenvalue weighted by Crippen LogP contribution is 2.48. The van der Waals surface area contributed by atoms with E-state index >= 15 is 0 Å². The summed E-state index contributed by atoms with van der Waals surface area (Å²) in [6.07, 6.45) is 0. The number of hydrogen-bond donors (Lipinski definition) is 1. The number of aromatic carboxylic acids is 1. The summed E-state index contributed by atoms with van der Waals surface area (Å²) >= 11 is 13.5. The van der Waals surface area contributed by atoms with Crippen molar-refractivity contribution in [1.29, 1.82) is 0 Å². The van der Waals surface area contributed by atoms with E-state index in [9.17, 15) is 9.90 Å². The van der Waals surface area contributed by atoms with E-state index in [2.05, 4.69) is 84.2 Å². The molecule has 0 fully saturated rings. The van der Waals surface area contributed by atoms with Crippen LogP contribution >= 0.6 is 23.2 Å². The van der Waals surface area contributed by atoms with Crippen LogP contribution in [-0.2, 0) is 13.1 Å². The average molecular weight is 605 g/mol. The average Bonchev–Trinajstić information content (AvgIpc) is 3.00. The summed E-state index contributed by atoms with van der Waals surface area (Å²) in [6.45, 7) is 1.55. The Bertz CT molecular complexity index is 2210. The zero-order chi connectivity index (χ0) is 29.6. The maximum Gasteiger partial charge on any atom is 0.337 e. The molecule has 0 atom stereocenters. The normalized spacial score (nSPS) is 14.1. The Morgan fingerprint density at radius 3 is 2.28 bits per heavy atom. The lowest BCUT2D eigenvalue weighted by atomic mass is 9.84. The fourth-order valence-electron chi connectivity index (χ4n) is 6.82. The van der Waals surface area contributed by atoms with Gasteiger partial charge in [0.1, 0.15) is 18.5 Å². The van der Waals surface area contributed by atoms with Gasteiger partial charge in [0.05, 0.1) is 22.2 Å². The van der Waals surface area contributed by atoms with Gasteiger partial charge in [-0.05, 0) is 41.0 Å². The van der Waals surface area contributed by atoms with E-state index in [-0.39, 0.29) is 10.6 Å². The van der Waals surface area contributed by atoms with E-state index < -0.39 is 5.97 Å². The number of rotatable bonds is 2. The molecule has 0 spiro atoms. The van der Waals surface area contributed by atoms with Crippen molar-refractivity contribution in [2.75, 3.05) is 19.0 Å². The molecule has 0 saturated heterocycles. The molecular weight excluding hydrogens is 579 g/mol. The quantitative estimate of drug-likeness (QED) is 0.217. The maximum atomic E-state index is 12.7. The number of carbonyl (C=O) groups is 1. The van der Waals surface area contributed by atoms with Crippen molar-refractivity contribution in [3.05, 3.63) is 133 Å². The molecule has 1 N–H and O–H groups in total. The Kier molecular flexibility index (Phi) is 5.74. The van der Waals surface area contributed by atoms with Crippen molar-refractivity contribution in [1.82, 2.24) is 4.58 Å². The number of hydrogen-bond acceptors (Lipinski definition) is 3. The highest BCUT2D eigenvalue weighted by atomic mass is 35.5. The van der Waals surface area contributed by atoms with Gasteiger partial charge >= 0.3 is 5.97 Å². The van der Waals surface area contributed by atoms with Crippen LogP contribution in [0.5, 0.6) is 11.5 Å². The van der Waals surface area contributed by atoms with Gasteiger partial charge in [-0.15, -0.1) is 0 Å². The number of nitrogens with zero attached hydrogens (tertiary/aromatic N) is 2. The second-order valence-corrected chi connectivity index (χ2v) is 12.1. The summed E-state index contributed by atoms with van der Waals surface area (Å²) in [4.78, 5) is 15.0. The summed E-state index contributed by atoms with van der Waals surface area (Å²) < 4.78 is 8.92. The van der Waals surface area contributed by atoms with Gasteiger partial charge in [0, 0.05) is 63.4 Å². The first-order chi connectivity index (χ1) is 20.8. The first-order valence-electron chi connectivity index (χ1n) is 14.0. The van der Waals surface area contributed by atoms with Crippen LogP contribution < -0.4 is 24.8 Å². The molecule has 0 unspecified atom stereocenters. The second-order valence-electron chi connectivity index (χ2n) is 11.3. The lowest BCUT2D eigenvalue weighted by Gasteiger charge is -2.32. The summed E-state index contributed by atoms with van der Waals surface area (Å²) in [5.41, 5.74) is 9.64. The topological polar surface area (TPSA) is 52.8 Å². The number of halogens is 2. The zero-order valence-electron chi connectivity index (χ0n) is 23.4. The summed E-state index contributed by atoms with van der Waals surface area (Å²) in [6, 6.07) is 28.3. The molecule has 8 rings (SSSR count). The first kappa shape index (κ1) is 26.1. The SMILES string of the molecule is CN1Cc2ccccc2-c2cc3c(cc21)Oc1cc2c(cc1=C3c1c(Cl)ccc(Cl)c1C(=O)O)-c1ccccc1C[N+]=2C. The number of anilines is 1. The monoisotopic (exact) mass is 603 g/mol. The lowest BCUT2D eigenvalue weighted by Crippen LogP contribution is -2.34. The molecule has 3 aliphatic rings. The van der Waals surface area contributed by atoms with Crippen molar-refractivity contribution in [2.45, 2.75) is 13.1 Å². The van der Waals surface area contributed by atoms with E-state index in [0.29, 0.717) is 27.7 Å². The maximum absolute atomic E-state index is 12.7. The van der Waals surface area contributed by atoms with Crippen LogP contribution in [0.4, 0.5) is 5.69 Å². The van der Waals surface area contributed by atoms with E-state index in [1.165, 1.54) is 17.2 Å². The number of carboxylic acid groups (broad SMARTS) is 1. The van der Waals surface area contributed by atoms with Crippen molar-refractivity contribution >= 4 is 40.4 Å². The summed E-state index contributed by atoms with van der Waals surface area (Å²) in [5, 5.41) is 12.6. The highest BCUT2D eigenvalue weighted by Gasteiger charge is 2.32. The molecule has 210 valence electrons. The Morgan fingerprint density at radius 2 is 1.51 bits per heavy atom.